The van der Waals surface area contributed by atoms with Crippen molar-refractivity contribution in [1.29, 1.82) is 0 Å². The number of nitrogens with zero attached hydrogens (tertiary/aromatic N) is 4. The number of aliphatic hydroxyl groups excluding tert-OH is 1. The molecular formula is C14H19F2N5O2. The molecule has 0 bridgehead atoms. The maximum Gasteiger partial charge on any atom is 0.248 e. The fourth-order valence-electron chi connectivity index (χ4n) is 2.80. The standard InChI is InChI=1S/C14H19F2N5O2/c1-13(2-4-14(15,16)5-3-13)12-19-11(20-23-12)9-8-18-21(6-7-22)10(9)17/h8,22H,2-7,17H2,1H3. The molecule has 0 radical (unpaired) electrons. The summed E-state index contributed by atoms with van der Waals surface area (Å²) in [6.45, 7) is 2.04. The molecule has 23 heavy (non-hydrogen) atoms. The topological polar surface area (TPSA) is 103 Å². The van der Waals surface area contributed by atoms with Gasteiger partial charge in [-0.15, -0.1) is 0 Å². The second kappa shape index (κ2) is 5.55. The third-order valence-corrected chi connectivity index (χ3v) is 4.46. The van der Waals surface area contributed by atoms with Crippen LogP contribution in [0.4, 0.5) is 14.6 Å². The van der Waals surface area contributed by atoms with Crippen LogP contribution < -0.4 is 5.73 Å². The van der Waals surface area contributed by atoms with Crippen LogP contribution in [0.15, 0.2) is 10.7 Å². The number of hydrogen-bond donors (Lipinski definition) is 2. The highest BCUT2D eigenvalue weighted by Crippen LogP contribution is 2.44. The normalized spacial score (nSPS) is 19.8. The van der Waals surface area contributed by atoms with E-state index in [-0.39, 0.29) is 31.8 Å². The van der Waals surface area contributed by atoms with E-state index in [1.165, 1.54) is 10.9 Å². The highest BCUT2D eigenvalue weighted by atomic mass is 19.3. The number of aliphatic hydroxyl groups is 1. The number of nitrogens with two attached hydrogens (primary N) is 1. The van der Waals surface area contributed by atoms with Crippen molar-refractivity contribution in [3.63, 3.8) is 0 Å². The van der Waals surface area contributed by atoms with Gasteiger partial charge in [0, 0.05) is 18.3 Å². The zero-order valence-electron chi connectivity index (χ0n) is 12.8. The molecule has 2 aromatic rings. The summed E-state index contributed by atoms with van der Waals surface area (Å²) in [5.41, 5.74) is 5.89. The second-order valence-corrected chi connectivity index (χ2v) is 6.23. The van der Waals surface area contributed by atoms with E-state index in [4.69, 9.17) is 15.4 Å². The first-order valence-corrected chi connectivity index (χ1v) is 7.49. The van der Waals surface area contributed by atoms with Gasteiger partial charge in [-0.25, -0.2) is 13.5 Å². The van der Waals surface area contributed by atoms with Gasteiger partial charge in [0.2, 0.25) is 17.6 Å². The van der Waals surface area contributed by atoms with Gasteiger partial charge in [0.15, 0.2) is 0 Å². The number of nitrogen functional groups attached to an aromatic ring is 1. The highest BCUT2D eigenvalue weighted by Gasteiger charge is 2.44. The Morgan fingerprint density at radius 1 is 1.35 bits per heavy atom. The molecule has 2 heterocycles. The monoisotopic (exact) mass is 327 g/mol. The summed E-state index contributed by atoms with van der Waals surface area (Å²) in [7, 11) is 0. The van der Waals surface area contributed by atoms with Crippen molar-refractivity contribution in [3.8, 4) is 11.4 Å². The molecular weight excluding hydrogens is 308 g/mol. The largest absolute Gasteiger partial charge is 0.394 e. The molecule has 0 unspecified atom stereocenters. The molecule has 1 fully saturated rings. The Labute approximate surface area is 131 Å². The number of anilines is 1. The molecule has 1 aliphatic carbocycles. The van der Waals surface area contributed by atoms with E-state index in [2.05, 4.69) is 15.2 Å². The first-order chi connectivity index (χ1) is 10.8. The second-order valence-electron chi connectivity index (χ2n) is 6.23. The number of alkyl halides is 2. The van der Waals surface area contributed by atoms with Crippen LogP contribution in [0.5, 0.6) is 0 Å². The van der Waals surface area contributed by atoms with Crippen molar-refractivity contribution < 1.29 is 18.4 Å². The maximum absolute atomic E-state index is 13.3. The summed E-state index contributed by atoms with van der Waals surface area (Å²) in [6, 6.07) is 0. The van der Waals surface area contributed by atoms with Crippen LogP contribution in [-0.2, 0) is 12.0 Å². The third kappa shape index (κ3) is 2.92. The average molecular weight is 327 g/mol. The van der Waals surface area contributed by atoms with E-state index in [1.807, 2.05) is 6.92 Å². The summed E-state index contributed by atoms with van der Waals surface area (Å²) < 4.78 is 33.4. The molecule has 0 aliphatic heterocycles. The Bertz CT molecular complexity index is 687. The first kappa shape index (κ1) is 15.9. The number of halogens is 2. The molecule has 0 saturated heterocycles. The van der Waals surface area contributed by atoms with Gasteiger partial charge in [0.25, 0.3) is 0 Å². The molecule has 126 valence electrons. The Hall–Kier alpha value is -2.03. The minimum absolute atomic E-state index is 0.0882. The van der Waals surface area contributed by atoms with Crippen molar-refractivity contribution in [3.05, 3.63) is 12.1 Å². The Morgan fingerprint density at radius 2 is 2.04 bits per heavy atom. The predicted octanol–water partition coefficient (Wildman–Crippen LogP) is 1.97. The third-order valence-electron chi connectivity index (χ3n) is 4.46. The molecule has 1 saturated carbocycles. The van der Waals surface area contributed by atoms with Crippen LogP contribution in [0, 0.1) is 0 Å². The van der Waals surface area contributed by atoms with Crippen molar-refractivity contribution in [2.24, 2.45) is 0 Å². The number of hydrogen-bond acceptors (Lipinski definition) is 6. The van der Waals surface area contributed by atoms with Crippen LogP contribution in [0.3, 0.4) is 0 Å². The molecule has 0 amide bonds. The van der Waals surface area contributed by atoms with Crippen LogP contribution in [0.1, 0.15) is 38.5 Å². The smallest absolute Gasteiger partial charge is 0.248 e. The summed E-state index contributed by atoms with van der Waals surface area (Å²) in [5, 5.41) is 16.9. The zero-order valence-corrected chi connectivity index (χ0v) is 12.8. The van der Waals surface area contributed by atoms with Crippen LogP contribution >= 0.6 is 0 Å². The van der Waals surface area contributed by atoms with Crippen molar-refractivity contribution in [1.82, 2.24) is 19.9 Å². The van der Waals surface area contributed by atoms with Crippen molar-refractivity contribution >= 4 is 5.82 Å². The molecule has 7 nitrogen and oxygen atoms in total. The Morgan fingerprint density at radius 3 is 2.70 bits per heavy atom. The van der Waals surface area contributed by atoms with Gasteiger partial charge in [-0.1, -0.05) is 12.1 Å². The lowest BCUT2D eigenvalue weighted by Crippen LogP contribution is -2.34. The van der Waals surface area contributed by atoms with Gasteiger partial charge < -0.3 is 15.4 Å². The molecule has 3 rings (SSSR count). The molecule has 0 atom stereocenters. The summed E-state index contributed by atoms with van der Waals surface area (Å²) in [6.07, 6.45) is 1.72. The lowest BCUT2D eigenvalue weighted by molar-refractivity contribution is -0.0532. The highest BCUT2D eigenvalue weighted by molar-refractivity contribution is 5.67. The SMILES string of the molecule is CC1(c2nc(-c3cnn(CCO)c3N)no2)CCC(F)(F)CC1. The van der Waals surface area contributed by atoms with Crippen molar-refractivity contribution in [2.45, 2.75) is 50.5 Å². The minimum Gasteiger partial charge on any atom is -0.394 e. The molecule has 0 aromatic carbocycles. The van der Waals surface area contributed by atoms with Crippen LogP contribution in [0.25, 0.3) is 11.4 Å². The molecule has 3 N–H and O–H groups in total. The van der Waals surface area contributed by atoms with Crippen LogP contribution in [0.2, 0.25) is 0 Å². The van der Waals surface area contributed by atoms with E-state index in [0.717, 1.165) is 0 Å². The Balaban J connectivity index is 1.84. The van der Waals surface area contributed by atoms with E-state index in [0.29, 0.717) is 30.1 Å². The first-order valence-electron chi connectivity index (χ1n) is 7.49. The Kier molecular flexibility index (Phi) is 3.83. The number of aromatic nitrogens is 4. The molecule has 9 heteroatoms. The van der Waals surface area contributed by atoms with Crippen LogP contribution in [-0.4, -0.2) is 37.6 Å². The van der Waals surface area contributed by atoms with Gasteiger partial charge in [-0.3, -0.25) is 0 Å². The average Bonchev–Trinajstić information content (AvgIpc) is 3.12. The molecule has 1 aliphatic rings. The maximum atomic E-state index is 13.3. The fourth-order valence-corrected chi connectivity index (χ4v) is 2.80. The van der Waals surface area contributed by atoms with E-state index >= 15 is 0 Å². The summed E-state index contributed by atoms with van der Waals surface area (Å²) >= 11 is 0. The van der Waals surface area contributed by atoms with Gasteiger partial charge in [-0.2, -0.15) is 10.1 Å². The van der Waals surface area contributed by atoms with Gasteiger partial charge >= 0.3 is 0 Å². The molecule has 2 aromatic heterocycles. The zero-order chi connectivity index (χ0) is 16.7. The number of rotatable bonds is 4. The van der Waals surface area contributed by atoms with E-state index < -0.39 is 11.3 Å². The van der Waals surface area contributed by atoms with Gasteiger partial charge in [0.1, 0.15) is 5.82 Å². The minimum atomic E-state index is -2.61. The van der Waals surface area contributed by atoms with Gasteiger partial charge in [0.05, 0.1) is 24.9 Å². The van der Waals surface area contributed by atoms with Crippen molar-refractivity contribution in [2.75, 3.05) is 12.3 Å². The van der Waals surface area contributed by atoms with E-state index in [9.17, 15) is 8.78 Å². The summed E-state index contributed by atoms with van der Waals surface area (Å²) in [4.78, 5) is 4.34. The lowest BCUT2D eigenvalue weighted by Gasteiger charge is -2.34. The lowest BCUT2D eigenvalue weighted by atomic mass is 9.74. The van der Waals surface area contributed by atoms with E-state index in [1.54, 1.807) is 0 Å². The summed E-state index contributed by atoms with van der Waals surface area (Å²) in [5.74, 6) is -1.66. The molecule has 0 spiro atoms. The fraction of sp³-hybridized carbons (Fsp3) is 0.643. The van der Waals surface area contributed by atoms with Gasteiger partial charge in [-0.05, 0) is 12.8 Å². The quantitative estimate of drug-likeness (QED) is 0.890. The predicted molar refractivity (Wildman–Crippen MR) is 77.8 cm³/mol.